The summed E-state index contributed by atoms with van der Waals surface area (Å²) in [6.45, 7) is 7.15. The fourth-order valence-corrected chi connectivity index (χ4v) is 9.20. The summed E-state index contributed by atoms with van der Waals surface area (Å²) in [5, 5.41) is 11.5. The first-order chi connectivity index (χ1) is 32.9. The number of aromatic nitrogens is 2. The molecule has 1 saturated heterocycles. The number of hydrogen-bond acceptors (Lipinski definition) is 11. The van der Waals surface area contributed by atoms with Gasteiger partial charge >= 0.3 is 6.03 Å². The van der Waals surface area contributed by atoms with Crippen molar-refractivity contribution in [3.05, 3.63) is 90.5 Å². The lowest BCUT2D eigenvalue weighted by Gasteiger charge is -2.34. The predicted octanol–water partition coefficient (Wildman–Crippen LogP) is 5.67. The molecule has 2 aromatic carbocycles. The van der Waals surface area contributed by atoms with Crippen molar-refractivity contribution in [3.63, 3.8) is 0 Å². The lowest BCUT2D eigenvalue weighted by atomic mass is 9.74. The number of Topliss-reactive ketones (excluding diaryl/α,β-unsaturated/α-hetero) is 4. The van der Waals surface area contributed by atoms with Gasteiger partial charge in [-0.3, -0.25) is 43.3 Å². The SMILES string of the molecule is CCC[C@H](CC(=O)[C@@H]1CN(C(=O)Nc2ccccc2)C[C@@H]1NC(=O)[C@@H](CC(=O)[C@@H](NC(=O)c1cnccn1)C1CCCCC1)C(C)(C)C)C(=O)C(=O)CCC(=O)N[C@H](C(=O)N(C)C)c1ccccc1. The highest BCUT2D eigenvalue weighted by Crippen LogP contribution is 2.34. The second-order valence-corrected chi connectivity index (χ2v) is 19.5. The van der Waals surface area contributed by atoms with Gasteiger partial charge in [-0.05, 0) is 48.3 Å². The van der Waals surface area contributed by atoms with Gasteiger partial charge in [-0.1, -0.05) is 102 Å². The molecule has 0 bridgehead atoms. The van der Waals surface area contributed by atoms with E-state index in [4.69, 9.17) is 0 Å². The number of amides is 6. The van der Waals surface area contributed by atoms with Gasteiger partial charge < -0.3 is 31.1 Å². The maximum Gasteiger partial charge on any atom is 0.321 e. The van der Waals surface area contributed by atoms with E-state index in [0.717, 1.165) is 32.1 Å². The Balaban J connectivity index is 1.32. The Morgan fingerprint density at radius 3 is 2.09 bits per heavy atom. The van der Waals surface area contributed by atoms with E-state index in [0.29, 0.717) is 17.7 Å². The molecule has 1 aliphatic heterocycles. The van der Waals surface area contributed by atoms with E-state index in [-0.39, 0.29) is 62.1 Å². The number of nitrogens with zero attached hydrogens (tertiary/aromatic N) is 4. The molecule has 2 heterocycles. The largest absolute Gasteiger partial charge is 0.351 e. The number of likely N-dealkylation sites (N-methyl/N-ethyl adjacent to an activating group) is 1. The molecule has 17 nitrogen and oxygen atoms in total. The number of rotatable bonds is 22. The van der Waals surface area contributed by atoms with Crippen LogP contribution in [-0.2, 0) is 33.6 Å². The number of likely N-dealkylation sites (tertiary alicyclic amines) is 1. The van der Waals surface area contributed by atoms with Crippen LogP contribution in [0.2, 0.25) is 0 Å². The highest BCUT2D eigenvalue weighted by atomic mass is 16.2. The Bertz CT molecular complexity index is 2280. The van der Waals surface area contributed by atoms with E-state index in [1.807, 2.05) is 27.7 Å². The van der Waals surface area contributed by atoms with Crippen LogP contribution in [0.25, 0.3) is 0 Å². The Hall–Kier alpha value is -6.65. The summed E-state index contributed by atoms with van der Waals surface area (Å²) in [5.41, 5.74) is 0.367. The first kappa shape index (κ1) is 53.3. The molecule has 69 heavy (non-hydrogen) atoms. The van der Waals surface area contributed by atoms with E-state index in [2.05, 4.69) is 31.2 Å². The van der Waals surface area contributed by atoms with Gasteiger partial charge in [0.1, 0.15) is 17.5 Å². The number of benzene rings is 2. The van der Waals surface area contributed by atoms with Crippen molar-refractivity contribution in [2.24, 2.45) is 29.1 Å². The van der Waals surface area contributed by atoms with E-state index in [1.165, 1.54) is 28.4 Å². The van der Waals surface area contributed by atoms with Crippen LogP contribution in [0.1, 0.15) is 120 Å². The van der Waals surface area contributed by atoms with Crippen LogP contribution in [-0.4, -0.2) is 112 Å². The summed E-state index contributed by atoms with van der Waals surface area (Å²) < 4.78 is 0. The molecule has 0 radical (unpaired) electrons. The fourth-order valence-electron chi connectivity index (χ4n) is 9.20. The summed E-state index contributed by atoms with van der Waals surface area (Å²) in [6, 6.07) is 14.1. The monoisotopic (exact) mass is 949 g/mol. The van der Waals surface area contributed by atoms with Crippen molar-refractivity contribution in [3.8, 4) is 0 Å². The molecule has 1 aliphatic carbocycles. The molecule has 2 aliphatic rings. The van der Waals surface area contributed by atoms with Crippen molar-refractivity contribution in [1.82, 2.24) is 35.7 Å². The maximum absolute atomic E-state index is 14.6. The first-order valence-electron chi connectivity index (χ1n) is 24.0. The minimum atomic E-state index is -1.03. The van der Waals surface area contributed by atoms with Crippen LogP contribution in [0, 0.1) is 29.1 Å². The van der Waals surface area contributed by atoms with Gasteiger partial charge in [-0.15, -0.1) is 0 Å². The summed E-state index contributed by atoms with van der Waals surface area (Å²) in [5.74, 6) is -7.47. The van der Waals surface area contributed by atoms with Gasteiger partial charge in [0.15, 0.2) is 11.6 Å². The molecular weight excluding hydrogens is 881 g/mol. The molecule has 5 rings (SSSR count). The minimum absolute atomic E-state index is 0.0643. The molecule has 3 aromatic rings. The molecule has 17 heteroatoms. The molecule has 0 spiro atoms. The Morgan fingerprint density at radius 2 is 1.48 bits per heavy atom. The van der Waals surface area contributed by atoms with Crippen LogP contribution in [0.5, 0.6) is 0 Å². The molecule has 0 unspecified atom stereocenters. The average Bonchev–Trinajstić information content (AvgIpc) is 3.77. The zero-order chi connectivity index (χ0) is 50.3. The third-order valence-corrected chi connectivity index (χ3v) is 13.1. The zero-order valence-corrected chi connectivity index (χ0v) is 40.7. The van der Waals surface area contributed by atoms with Gasteiger partial charge in [0, 0.05) is 82.8 Å². The minimum Gasteiger partial charge on any atom is -0.351 e. The lowest BCUT2D eigenvalue weighted by molar-refractivity contribution is -0.141. The number of hydrogen-bond donors (Lipinski definition) is 4. The Morgan fingerprint density at radius 1 is 0.812 bits per heavy atom. The number of carbonyl (C=O) groups excluding carboxylic acids is 9. The van der Waals surface area contributed by atoms with Crippen molar-refractivity contribution in [1.29, 1.82) is 0 Å². The normalized spacial score (nSPS) is 17.9. The van der Waals surface area contributed by atoms with Gasteiger partial charge in [0.2, 0.25) is 23.5 Å². The molecule has 1 aromatic heterocycles. The molecule has 6 amide bonds. The lowest BCUT2D eigenvalue weighted by Crippen LogP contribution is -2.51. The molecule has 1 saturated carbocycles. The van der Waals surface area contributed by atoms with Crippen molar-refractivity contribution >= 4 is 58.5 Å². The molecule has 2 fully saturated rings. The molecular formula is C52H68N8O9. The third kappa shape index (κ3) is 15.2. The van der Waals surface area contributed by atoms with Crippen molar-refractivity contribution < 1.29 is 43.2 Å². The summed E-state index contributed by atoms with van der Waals surface area (Å²) in [6.07, 6.45) is 7.73. The van der Waals surface area contributed by atoms with E-state index in [9.17, 15) is 43.2 Å². The van der Waals surface area contributed by atoms with Crippen molar-refractivity contribution in [2.75, 3.05) is 32.5 Å². The highest BCUT2D eigenvalue weighted by Gasteiger charge is 2.45. The van der Waals surface area contributed by atoms with E-state index >= 15 is 0 Å². The number of ketones is 4. The second kappa shape index (κ2) is 25.1. The Labute approximate surface area is 404 Å². The molecule has 4 N–H and O–H groups in total. The maximum atomic E-state index is 14.6. The standard InChI is InChI=1S/C52H68N8O9/c1-7-17-35(47(65)41(61)24-25-44(64)57-46(50(68)59(5)6)34-20-13-9-14-21-34)28-42(62)37-31-60(51(69)55-36-22-15-10-16-23-36)32-40(37)56-48(66)38(52(2,3)4)29-43(63)45(33-18-11-8-12-19-33)58-49(67)39-30-53-26-27-54-39/h9-10,13-16,20-23,26-27,30,33,35,37-38,40,45-46H,7-8,11-12,17-19,24-25,28-29,31-32H2,1-6H3,(H,55,69)(H,56,66)(H,57,64)(H,58,67)/t35-,37-,38-,40+,45+,46+/m1/s1. The zero-order valence-electron chi connectivity index (χ0n) is 40.7. The summed E-state index contributed by atoms with van der Waals surface area (Å²) >= 11 is 0. The van der Waals surface area contributed by atoms with Crippen LogP contribution < -0.4 is 21.3 Å². The topological polar surface area (TPSA) is 234 Å². The summed E-state index contributed by atoms with van der Waals surface area (Å²) in [7, 11) is 3.13. The number of urea groups is 1. The van der Waals surface area contributed by atoms with E-state index in [1.54, 1.807) is 74.8 Å². The Kier molecular flexibility index (Phi) is 19.4. The highest BCUT2D eigenvalue weighted by molar-refractivity contribution is 6.38. The number of nitrogens with one attached hydrogen (secondary N) is 4. The number of carbonyl (C=O) groups is 9. The van der Waals surface area contributed by atoms with Gasteiger partial charge in [0.25, 0.3) is 5.91 Å². The summed E-state index contributed by atoms with van der Waals surface area (Å²) in [4.78, 5) is 135. The average molecular weight is 949 g/mol. The van der Waals surface area contributed by atoms with Gasteiger partial charge in [-0.2, -0.15) is 0 Å². The first-order valence-corrected chi connectivity index (χ1v) is 24.0. The van der Waals surface area contributed by atoms with Crippen LogP contribution in [0.4, 0.5) is 10.5 Å². The molecule has 370 valence electrons. The number of para-hydroxylation sites is 1. The third-order valence-electron chi connectivity index (χ3n) is 13.1. The van der Waals surface area contributed by atoms with Crippen LogP contribution >= 0.6 is 0 Å². The second-order valence-electron chi connectivity index (χ2n) is 19.5. The van der Waals surface area contributed by atoms with Crippen LogP contribution in [0.15, 0.2) is 79.3 Å². The fraction of sp³-hybridized carbons (Fsp3) is 0.519. The van der Waals surface area contributed by atoms with Gasteiger partial charge in [-0.25, -0.2) is 9.78 Å². The number of anilines is 1. The van der Waals surface area contributed by atoms with Gasteiger partial charge in [0.05, 0.1) is 24.2 Å². The van der Waals surface area contributed by atoms with E-state index < -0.39 is 88.8 Å². The predicted molar refractivity (Wildman–Crippen MR) is 258 cm³/mol. The quantitative estimate of drug-likeness (QED) is 0.0897. The molecule has 6 atom stereocenters. The van der Waals surface area contributed by atoms with Crippen LogP contribution in [0.3, 0.4) is 0 Å². The van der Waals surface area contributed by atoms with Crippen molar-refractivity contribution in [2.45, 2.75) is 116 Å². The smallest absolute Gasteiger partial charge is 0.321 e.